The van der Waals surface area contributed by atoms with Gasteiger partial charge in [0, 0.05) is 18.9 Å². The molecule has 73 heavy (non-hydrogen) atoms. The summed E-state index contributed by atoms with van der Waals surface area (Å²) in [4.78, 5) is 41.1. The van der Waals surface area contributed by atoms with E-state index in [1.165, 1.54) is 17.8 Å². The maximum Gasteiger partial charge on any atom is 0.332 e. The molecule has 2 saturated carbocycles. The van der Waals surface area contributed by atoms with Crippen LogP contribution in [0.4, 0.5) is 0 Å². The molecule has 1 aromatic heterocycles. The molecule has 15 atom stereocenters. The Bertz CT molecular complexity index is 1730. The molecule has 3 heterocycles. The molecule has 6 unspecified atom stereocenters. The van der Waals surface area contributed by atoms with Crippen molar-refractivity contribution in [1.29, 1.82) is 0 Å². The molecule has 4 aliphatic rings. The van der Waals surface area contributed by atoms with Crippen molar-refractivity contribution in [2.24, 2.45) is 23.5 Å². The first-order valence-corrected chi connectivity index (χ1v) is 26.8. The number of aromatic nitrogens is 3. The highest BCUT2D eigenvalue weighted by molar-refractivity contribution is 5.81. The van der Waals surface area contributed by atoms with Gasteiger partial charge in [0.25, 0.3) is 0 Å². The van der Waals surface area contributed by atoms with Crippen LogP contribution in [0.25, 0.3) is 0 Å². The van der Waals surface area contributed by atoms with Gasteiger partial charge in [-0.05, 0) is 63.8 Å². The van der Waals surface area contributed by atoms with Crippen molar-refractivity contribution in [2.45, 2.75) is 210 Å². The van der Waals surface area contributed by atoms with Crippen molar-refractivity contribution in [3.63, 3.8) is 0 Å². The number of aliphatic hydroxyl groups excluding tert-OH is 5. The van der Waals surface area contributed by atoms with Gasteiger partial charge in [-0.25, -0.2) is 9.48 Å². The lowest BCUT2D eigenvalue weighted by Crippen LogP contribution is -2.67. The number of amides is 1. The Kier molecular flexibility index (Phi) is 27.3. The zero-order valence-corrected chi connectivity index (χ0v) is 43.2. The van der Waals surface area contributed by atoms with Gasteiger partial charge in [-0.15, -0.1) is 5.10 Å². The summed E-state index contributed by atoms with van der Waals surface area (Å²) in [5.41, 5.74) is 6.12. The number of carbonyl (C=O) groups excluding carboxylic acids is 2. The maximum absolute atomic E-state index is 14.2. The summed E-state index contributed by atoms with van der Waals surface area (Å²) in [5, 5.41) is 76.4. The second-order valence-corrected chi connectivity index (χ2v) is 20.0. The largest absolute Gasteiger partial charge is 0.479 e. The number of aliphatic carboxylic acids is 1. The molecule has 0 bridgehead atoms. The zero-order chi connectivity index (χ0) is 52.7. The summed E-state index contributed by atoms with van der Waals surface area (Å²) >= 11 is 0. The molecule has 9 N–H and O–H groups in total. The fourth-order valence-electron chi connectivity index (χ4n) is 10.2. The topological polar surface area (TPSA) is 324 Å². The third kappa shape index (κ3) is 19.3. The first-order chi connectivity index (χ1) is 35.3. The molecule has 23 heteroatoms. The Morgan fingerprint density at radius 3 is 2.16 bits per heavy atom. The number of hydrogen-bond donors (Lipinski definition) is 8. The monoisotopic (exact) mass is 1050 g/mol. The number of nitrogens with two attached hydrogens (primary N) is 1. The summed E-state index contributed by atoms with van der Waals surface area (Å²) < 4.78 is 55.3. The van der Waals surface area contributed by atoms with E-state index >= 15 is 0 Å². The minimum Gasteiger partial charge on any atom is -0.479 e. The van der Waals surface area contributed by atoms with Gasteiger partial charge in [0.2, 0.25) is 5.91 Å². The van der Waals surface area contributed by atoms with E-state index in [1.54, 1.807) is 0 Å². The number of Topliss-reactive ketones (excluding diaryl/α,β-unsaturated/α-hetero) is 1. The molecular formula is C50H87N5O18. The molecule has 1 aromatic rings. The fraction of sp³-hybridized carbons (Fsp3) is 0.900. The number of ether oxygens (including phenoxy) is 9. The Morgan fingerprint density at radius 1 is 0.822 bits per heavy atom. The molecule has 1 amide bonds. The normalized spacial score (nSPS) is 31.6. The Balaban J connectivity index is 1.36. The van der Waals surface area contributed by atoms with E-state index in [9.17, 15) is 45.0 Å². The molecule has 420 valence electrons. The molecule has 2 aliphatic heterocycles. The number of rotatable bonds is 34. The van der Waals surface area contributed by atoms with Gasteiger partial charge in [0.15, 0.2) is 18.7 Å². The highest BCUT2D eigenvalue weighted by Gasteiger charge is 2.53. The standard InChI is InChI=1S/C50H87N5O18/c1-4-17-65-18-19-66-20-21-67-22-23-68-30-35-27-55(54-53-35)28-40(58)52-41-47(70-38(48(63)64)24-32-13-9-8-10-14-32)43(60)39(29-56)72-49(41)71-37-26-34(36(57)15-11-6-7-12-16-51)25-33(5-2)46(37)73-50-45(62)44(61)42(59)31(3)69-50/h27,31-34,37-39,41-47,49-50,56,59-62H,4-26,28-30,51H2,1-3H3,(H,52,58)(H,63,64)/t31?,33?,34?,37-,38+,39+,41?,42-,43+,44+,45?,46-,47?,49-,50+/m1/s1. The molecule has 0 aromatic carbocycles. The number of unbranched alkanes of at least 4 members (excludes halogenated alkanes) is 3. The molecular weight excluding hydrogens is 959 g/mol. The van der Waals surface area contributed by atoms with Gasteiger partial charge < -0.3 is 84.3 Å². The minimum atomic E-state index is -1.66. The van der Waals surface area contributed by atoms with Crippen LogP contribution in [0.3, 0.4) is 0 Å². The predicted octanol–water partition coefficient (Wildman–Crippen LogP) is 1.14. The SMILES string of the molecule is CCCOCCOCCOCCOCc1cn(CC(=O)NC2C(O[C@@H](CC3CCCCC3)C(=O)O)[C@@H](O)[C@H](CO)O[C@H]2O[C@@H]2CC(C(=O)CCCCCCN)CC(CC)[C@H]2O[C@@H]2OC(C)[C@@H](O)[C@H](O)C2O)nn1. The summed E-state index contributed by atoms with van der Waals surface area (Å²) in [7, 11) is 0. The number of hydrogen-bond acceptors (Lipinski definition) is 20. The lowest BCUT2D eigenvalue weighted by Gasteiger charge is -2.49. The first-order valence-electron chi connectivity index (χ1n) is 26.8. The van der Waals surface area contributed by atoms with Crippen molar-refractivity contribution in [1.82, 2.24) is 20.3 Å². The fourth-order valence-corrected chi connectivity index (χ4v) is 10.2. The summed E-state index contributed by atoms with van der Waals surface area (Å²) in [6, 6.07) is -1.42. The van der Waals surface area contributed by atoms with Crippen LogP contribution in [0.15, 0.2) is 6.20 Å². The smallest absolute Gasteiger partial charge is 0.332 e. The third-order valence-corrected chi connectivity index (χ3v) is 14.4. The minimum absolute atomic E-state index is 0.0155. The van der Waals surface area contributed by atoms with Gasteiger partial charge in [-0.3, -0.25) is 9.59 Å². The number of nitrogens with zero attached hydrogens (tertiary/aromatic N) is 3. The molecule has 4 fully saturated rings. The van der Waals surface area contributed by atoms with E-state index in [0.29, 0.717) is 77.6 Å². The number of aliphatic hydroxyl groups is 5. The number of carbonyl (C=O) groups is 3. The maximum atomic E-state index is 14.2. The van der Waals surface area contributed by atoms with Crippen LogP contribution in [0.5, 0.6) is 0 Å². The molecule has 0 spiro atoms. The van der Waals surface area contributed by atoms with Gasteiger partial charge in [0.1, 0.15) is 60.7 Å². The van der Waals surface area contributed by atoms with Crippen LogP contribution in [0, 0.1) is 17.8 Å². The van der Waals surface area contributed by atoms with Crippen LogP contribution in [-0.2, 0) is 70.2 Å². The summed E-state index contributed by atoms with van der Waals surface area (Å²) in [6.07, 6.45) is -4.79. The number of carboxylic acid groups (broad SMARTS) is 1. The lowest BCUT2D eigenvalue weighted by atomic mass is 9.74. The quantitative estimate of drug-likeness (QED) is 0.0449. The van der Waals surface area contributed by atoms with Crippen LogP contribution in [0.1, 0.15) is 123 Å². The van der Waals surface area contributed by atoms with Crippen molar-refractivity contribution in [2.75, 3.05) is 59.4 Å². The summed E-state index contributed by atoms with van der Waals surface area (Å²) in [6.45, 7) is 8.10. The Labute approximate surface area is 429 Å². The van der Waals surface area contributed by atoms with E-state index in [0.717, 1.165) is 57.8 Å². The molecule has 2 aliphatic carbocycles. The van der Waals surface area contributed by atoms with Crippen molar-refractivity contribution in [3.05, 3.63) is 11.9 Å². The zero-order valence-electron chi connectivity index (χ0n) is 43.2. The second kappa shape index (κ2) is 32.7. The molecule has 0 radical (unpaired) electrons. The number of nitrogens with one attached hydrogen (secondary N) is 1. The van der Waals surface area contributed by atoms with Gasteiger partial charge in [-0.2, -0.15) is 0 Å². The van der Waals surface area contributed by atoms with Crippen LogP contribution in [-0.4, -0.2) is 202 Å². The van der Waals surface area contributed by atoms with Gasteiger partial charge in [0.05, 0.1) is 77.4 Å². The second-order valence-electron chi connectivity index (χ2n) is 20.0. The molecule has 5 rings (SSSR count). The van der Waals surface area contributed by atoms with Gasteiger partial charge >= 0.3 is 5.97 Å². The van der Waals surface area contributed by atoms with Crippen LogP contribution < -0.4 is 11.1 Å². The van der Waals surface area contributed by atoms with E-state index in [-0.39, 0.29) is 43.7 Å². The highest BCUT2D eigenvalue weighted by atomic mass is 16.7. The van der Waals surface area contributed by atoms with E-state index in [4.69, 9.17) is 48.4 Å². The Morgan fingerprint density at radius 2 is 1.51 bits per heavy atom. The molecule has 2 saturated heterocycles. The van der Waals surface area contributed by atoms with Crippen LogP contribution in [0.2, 0.25) is 0 Å². The summed E-state index contributed by atoms with van der Waals surface area (Å²) in [5.74, 6) is -2.77. The third-order valence-electron chi connectivity index (χ3n) is 14.4. The average molecular weight is 1050 g/mol. The average Bonchev–Trinajstić information content (AvgIpc) is 3.83. The predicted molar refractivity (Wildman–Crippen MR) is 259 cm³/mol. The van der Waals surface area contributed by atoms with Crippen molar-refractivity contribution >= 4 is 17.7 Å². The Hall–Kier alpha value is -2.85. The van der Waals surface area contributed by atoms with Crippen LogP contribution >= 0.6 is 0 Å². The number of carboxylic acids is 1. The number of ketones is 1. The van der Waals surface area contributed by atoms with Gasteiger partial charge in [-0.1, -0.05) is 70.4 Å². The lowest BCUT2D eigenvalue weighted by molar-refractivity contribution is -0.338. The van der Waals surface area contributed by atoms with E-state index in [2.05, 4.69) is 15.6 Å². The van der Waals surface area contributed by atoms with E-state index in [1.807, 2.05) is 13.8 Å². The van der Waals surface area contributed by atoms with Crippen molar-refractivity contribution < 1.29 is 87.7 Å². The van der Waals surface area contributed by atoms with E-state index < -0.39 is 111 Å². The molecule has 23 nitrogen and oxygen atoms in total. The highest BCUT2D eigenvalue weighted by Crippen LogP contribution is 2.40. The van der Waals surface area contributed by atoms with Crippen molar-refractivity contribution in [3.8, 4) is 0 Å². The first kappa shape index (κ1) is 61.0.